The average Bonchev–Trinajstić information content (AvgIpc) is 2.60. The van der Waals surface area contributed by atoms with Gasteiger partial charge in [-0.2, -0.15) is 0 Å². The monoisotopic (exact) mass is 344 g/mol. The summed E-state index contributed by atoms with van der Waals surface area (Å²) < 4.78 is 0. The summed E-state index contributed by atoms with van der Waals surface area (Å²) >= 11 is 0. The first-order chi connectivity index (χ1) is 11.9. The summed E-state index contributed by atoms with van der Waals surface area (Å²) in [5.41, 5.74) is 3.51. The zero-order chi connectivity index (χ0) is 18.4. The van der Waals surface area contributed by atoms with Crippen LogP contribution in [0.1, 0.15) is 89.7 Å². The van der Waals surface area contributed by atoms with Crippen LogP contribution in [0.4, 0.5) is 5.69 Å². The topological polar surface area (TPSA) is 32.3 Å². The lowest BCUT2D eigenvalue weighted by Gasteiger charge is -2.33. The van der Waals surface area contributed by atoms with Crippen LogP contribution < -0.4 is 5.32 Å². The summed E-state index contributed by atoms with van der Waals surface area (Å²) in [6.07, 6.45) is 6.43. The van der Waals surface area contributed by atoms with Crippen molar-refractivity contribution < 1.29 is 4.79 Å². The molecule has 0 unspecified atom stereocenters. The normalized spacial score (nSPS) is 16.0. The Bertz CT molecular complexity index is 533. The van der Waals surface area contributed by atoms with E-state index >= 15 is 0 Å². The average molecular weight is 345 g/mol. The van der Waals surface area contributed by atoms with Crippen molar-refractivity contribution in [1.82, 2.24) is 4.90 Å². The van der Waals surface area contributed by atoms with Gasteiger partial charge in [0.2, 0.25) is 5.91 Å². The number of likely N-dealkylation sites (N-methyl/N-ethyl adjacent to an activating group) is 1. The third-order valence-electron chi connectivity index (χ3n) is 5.48. The first kappa shape index (κ1) is 20.0. The van der Waals surface area contributed by atoms with Crippen LogP contribution in [-0.2, 0) is 4.79 Å². The van der Waals surface area contributed by atoms with Crippen LogP contribution in [0.15, 0.2) is 18.2 Å². The van der Waals surface area contributed by atoms with Crippen molar-refractivity contribution in [3.8, 4) is 0 Å². The maximum Gasteiger partial charge on any atom is 0.238 e. The molecule has 3 heteroatoms. The highest BCUT2D eigenvalue weighted by Crippen LogP contribution is 2.32. The van der Waals surface area contributed by atoms with Gasteiger partial charge in [0.05, 0.1) is 6.54 Å². The Morgan fingerprint density at radius 3 is 2.12 bits per heavy atom. The van der Waals surface area contributed by atoms with E-state index in [4.69, 9.17) is 0 Å². The molecule has 1 fully saturated rings. The van der Waals surface area contributed by atoms with Crippen LogP contribution in [-0.4, -0.2) is 29.9 Å². The Hall–Kier alpha value is -1.35. The molecule has 3 nitrogen and oxygen atoms in total. The lowest BCUT2D eigenvalue weighted by molar-refractivity contribution is -0.118. The molecule has 0 bridgehead atoms. The second kappa shape index (κ2) is 9.38. The number of carbonyl (C=O) groups is 1. The molecule has 0 spiro atoms. The zero-order valence-corrected chi connectivity index (χ0v) is 16.8. The molecule has 0 aromatic heterocycles. The minimum atomic E-state index is 0.127. The highest BCUT2D eigenvalue weighted by Gasteiger charge is 2.23. The number of carbonyl (C=O) groups excluding carboxylic acids is 1. The zero-order valence-electron chi connectivity index (χ0n) is 16.8. The van der Waals surface area contributed by atoms with E-state index in [0.717, 1.165) is 12.2 Å². The third-order valence-corrected chi connectivity index (χ3v) is 5.48. The van der Waals surface area contributed by atoms with Gasteiger partial charge in [0, 0.05) is 11.7 Å². The number of amides is 1. The summed E-state index contributed by atoms with van der Waals surface area (Å²) in [6, 6.07) is 6.98. The van der Waals surface area contributed by atoms with Crippen LogP contribution in [0.2, 0.25) is 0 Å². The molecule has 1 amide bonds. The van der Waals surface area contributed by atoms with Crippen molar-refractivity contribution in [2.24, 2.45) is 0 Å². The molecule has 1 aliphatic rings. The number of benzene rings is 1. The first-order valence-corrected chi connectivity index (χ1v) is 10.1. The van der Waals surface area contributed by atoms with Gasteiger partial charge in [-0.3, -0.25) is 9.69 Å². The van der Waals surface area contributed by atoms with Gasteiger partial charge in [0.15, 0.2) is 0 Å². The van der Waals surface area contributed by atoms with E-state index in [0.29, 0.717) is 24.4 Å². The Morgan fingerprint density at radius 2 is 1.64 bits per heavy atom. The number of nitrogens with one attached hydrogen (secondary N) is 1. The summed E-state index contributed by atoms with van der Waals surface area (Å²) in [7, 11) is 0. The second-order valence-electron chi connectivity index (χ2n) is 8.02. The Kier molecular flexibility index (Phi) is 7.49. The molecule has 1 N–H and O–H groups in total. The first-order valence-electron chi connectivity index (χ1n) is 10.1. The maximum absolute atomic E-state index is 12.8. The van der Waals surface area contributed by atoms with E-state index in [-0.39, 0.29) is 5.91 Å². The fourth-order valence-electron chi connectivity index (χ4n) is 4.00. The van der Waals surface area contributed by atoms with E-state index < -0.39 is 0 Å². The number of hydrogen-bond donors (Lipinski definition) is 1. The predicted octanol–water partition coefficient (Wildman–Crippen LogP) is 5.53. The van der Waals surface area contributed by atoms with Crippen molar-refractivity contribution in [2.45, 2.75) is 84.6 Å². The summed E-state index contributed by atoms with van der Waals surface area (Å²) in [4.78, 5) is 15.2. The summed E-state index contributed by atoms with van der Waals surface area (Å²) in [6.45, 7) is 12.4. The molecule has 0 radical (unpaired) electrons. The highest BCUT2D eigenvalue weighted by molar-refractivity contribution is 5.94. The van der Waals surface area contributed by atoms with Crippen molar-refractivity contribution in [2.75, 3.05) is 18.4 Å². The quantitative estimate of drug-likeness (QED) is 0.705. The fraction of sp³-hybridized carbons (Fsp3) is 0.682. The molecule has 25 heavy (non-hydrogen) atoms. The van der Waals surface area contributed by atoms with Crippen molar-refractivity contribution in [1.29, 1.82) is 0 Å². The van der Waals surface area contributed by atoms with Gasteiger partial charge in [-0.25, -0.2) is 0 Å². The molecule has 0 heterocycles. The van der Waals surface area contributed by atoms with E-state index in [1.165, 1.54) is 43.2 Å². The van der Waals surface area contributed by atoms with Gasteiger partial charge in [-0.1, -0.05) is 72.1 Å². The lowest BCUT2D eigenvalue weighted by Crippen LogP contribution is -2.41. The minimum Gasteiger partial charge on any atom is -0.324 e. The molecule has 2 rings (SSSR count). The van der Waals surface area contributed by atoms with Crippen LogP contribution in [0.3, 0.4) is 0 Å². The standard InChI is InChI=1S/C22H36N2O/c1-6-24(18-11-8-7-9-12-18)15-21(25)23-22-19(16(2)3)13-10-14-20(22)17(4)5/h10,13-14,16-18H,6-9,11-12,15H2,1-5H3,(H,23,25). The van der Waals surface area contributed by atoms with E-state index in [2.05, 4.69) is 63.0 Å². The lowest BCUT2D eigenvalue weighted by atomic mass is 9.92. The third kappa shape index (κ3) is 5.31. The van der Waals surface area contributed by atoms with Gasteiger partial charge in [-0.15, -0.1) is 0 Å². The fourth-order valence-corrected chi connectivity index (χ4v) is 4.00. The largest absolute Gasteiger partial charge is 0.324 e. The second-order valence-corrected chi connectivity index (χ2v) is 8.02. The van der Waals surface area contributed by atoms with E-state index in [1.807, 2.05) is 0 Å². The SMILES string of the molecule is CCN(CC(=O)Nc1c(C(C)C)cccc1C(C)C)C1CCCCC1. The minimum absolute atomic E-state index is 0.127. The Labute approximate surface area is 154 Å². The van der Waals surface area contributed by atoms with Crippen molar-refractivity contribution >= 4 is 11.6 Å². The van der Waals surface area contributed by atoms with Crippen LogP contribution >= 0.6 is 0 Å². The van der Waals surface area contributed by atoms with E-state index in [1.54, 1.807) is 0 Å². The Morgan fingerprint density at radius 1 is 1.08 bits per heavy atom. The summed E-state index contributed by atoms with van der Waals surface area (Å²) in [5, 5.41) is 3.27. The molecule has 0 aliphatic heterocycles. The molecule has 1 aliphatic carbocycles. The Balaban J connectivity index is 2.13. The van der Waals surface area contributed by atoms with E-state index in [9.17, 15) is 4.79 Å². The van der Waals surface area contributed by atoms with Crippen LogP contribution in [0.5, 0.6) is 0 Å². The molecule has 140 valence electrons. The van der Waals surface area contributed by atoms with Gasteiger partial charge < -0.3 is 5.32 Å². The van der Waals surface area contributed by atoms with Crippen LogP contribution in [0.25, 0.3) is 0 Å². The molecule has 0 atom stereocenters. The molecule has 1 aromatic carbocycles. The number of para-hydroxylation sites is 1. The maximum atomic E-state index is 12.8. The smallest absolute Gasteiger partial charge is 0.238 e. The number of anilines is 1. The van der Waals surface area contributed by atoms with Crippen molar-refractivity contribution in [3.05, 3.63) is 29.3 Å². The molecular formula is C22H36N2O. The predicted molar refractivity (Wildman–Crippen MR) is 107 cm³/mol. The molecule has 1 aromatic rings. The van der Waals surface area contributed by atoms with Gasteiger partial charge in [-0.05, 0) is 42.3 Å². The molecule has 1 saturated carbocycles. The molecule has 0 saturated heterocycles. The van der Waals surface area contributed by atoms with Gasteiger partial charge >= 0.3 is 0 Å². The molecular weight excluding hydrogens is 308 g/mol. The van der Waals surface area contributed by atoms with Crippen molar-refractivity contribution in [3.63, 3.8) is 0 Å². The van der Waals surface area contributed by atoms with Gasteiger partial charge in [0.1, 0.15) is 0 Å². The van der Waals surface area contributed by atoms with Crippen LogP contribution in [0, 0.1) is 0 Å². The number of nitrogens with zero attached hydrogens (tertiary/aromatic N) is 1. The van der Waals surface area contributed by atoms with Gasteiger partial charge in [0.25, 0.3) is 0 Å². The highest BCUT2D eigenvalue weighted by atomic mass is 16.2. The number of hydrogen-bond acceptors (Lipinski definition) is 2. The summed E-state index contributed by atoms with van der Waals surface area (Å²) in [5.74, 6) is 0.923. The number of rotatable bonds is 7.